The smallest absolute Gasteiger partial charge is 0.338 e. The number of ether oxygens (including phenoxy) is 1. The zero-order valence-electron chi connectivity index (χ0n) is 18.3. The van der Waals surface area contributed by atoms with E-state index in [-0.39, 0.29) is 28.4 Å². The predicted molar refractivity (Wildman–Crippen MR) is 113 cm³/mol. The van der Waals surface area contributed by atoms with Gasteiger partial charge in [-0.25, -0.2) is 13.2 Å². The minimum Gasteiger partial charge on any atom is -0.452 e. The Bertz CT molecular complexity index is 790. The van der Waals surface area contributed by atoms with Crippen molar-refractivity contribution < 1.29 is 22.7 Å². The van der Waals surface area contributed by atoms with Crippen molar-refractivity contribution in [3.63, 3.8) is 0 Å². The predicted octanol–water partition coefficient (Wildman–Crippen LogP) is 3.20. The van der Waals surface area contributed by atoms with Gasteiger partial charge in [0.05, 0.1) is 10.5 Å². The summed E-state index contributed by atoms with van der Waals surface area (Å²) in [4.78, 5) is 24.2. The molecule has 0 aliphatic heterocycles. The highest BCUT2D eigenvalue weighted by molar-refractivity contribution is 7.89. The third-order valence-corrected chi connectivity index (χ3v) is 6.66. The summed E-state index contributed by atoms with van der Waals surface area (Å²) >= 11 is 0. The number of carbonyl (C=O) groups is 2. The van der Waals surface area contributed by atoms with Crippen LogP contribution in [0.3, 0.4) is 0 Å². The highest BCUT2D eigenvalue weighted by atomic mass is 32.2. The van der Waals surface area contributed by atoms with Gasteiger partial charge in [-0.1, -0.05) is 32.8 Å². The molecule has 0 aliphatic carbocycles. The second kappa shape index (κ2) is 11.3. The number of carbonyl (C=O) groups excluding carboxylic acids is 2. The van der Waals surface area contributed by atoms with Crippen LogP contribution in [0.2, 0.25) is 0 Å². The van der Waals surface area contributed by atoms with Gasteiger partial charge in [0.2, 0.25) is 10.0 Å². The average Bonchev–Trinajstić information content (AvgIpc) is 2.65. The Labute approximate surface area is 174 Å². The zero-order valence-corrected chi connectivity index (χ0v) is 19.1. The van der Waals surface area contributed by atoms with Crippen LogP contribution < -0.4 is 5.32 Å². The number of sulfonamides is 1. The molecule has 0 fully saturated rings. The van der Waals surface area contributed by atoms with Crippen molar-refractivity contribution in [2.24, 2.45) is 5.92 Å². The highest BCUT2D eigenvalue weighted by Crippen LogP contribution is 2.18. The lowest BCUT2D eigenvalue weighted by molar-refractivity contribution is -0.124. The lowest BCUT2D eigenvalue weighted by Crippen LogP contribution is -2.36. The number of amides is 1. The summed E-state index contributed by atoms with van der Waals surface area (Å²) in [5.74, 6) is -0.491. The van der Waals surface area contributed by atoms with Crippen LogP contribution in [0.5, 0.6) is 0 Å². The molecular weight excluding hydrogens is 392 g/mol. The van der Waals surface area contributed by atoms with Crippen molar-refractivity contribution in [3.05, 3.63) is 29.8 Å². The van der Waals surface area contributed by atoms with Crippen molar-refractivity contribution in [2.45, 2.75) is 70.9 Å². The Kier molecular flexibility index (Phi) is 9.79. The molecule has 7 nitrogen and oxygen atoms in total. The molecule has 0 aliphatic rings. The van der Waals surface area contributed by atoms with Crippen molar-refractivity contribution >= 4 is 21.9 Å². The minimum atomic E-state index is -3.71. The van der Waals surface area contributed by atoms with Crippen LogP contribution in [-0.4, -0.2) is 50.3 Å². The largest absolute Gasteiger partial charge is 0.452 e. The van der Waals surface area contributed by atoms with Crippen LogP contribution in [0.15, 0.2) is 29.2 Å². The van der Waals surface area contributed by atoms with Gasteiger partial charge in [-0.3, -0.25) is 4.79 Å². The van der Waals surface area contributed by atoms with E-state index < -0.39 is 22.6 Å². The van der Waals surface area contributed by atoms with Gasteiger partial charge in [-0.05, 0) is 51.3 Å². The third-order valence-electron chi connectivity index (χ3n) is 4.63. The second-order valence-corrected chi connectivity index (χ2v) is 10.0. The molecule has 1 amide bonds. The van der Waals surface area contributed by atoms with E-state index in [2.05, 4.69) is 19.2 Å². The summed E-state index contributed by atoms with van der Waals surface area (Å²) in [6.07, 6.45) is 2.98. The van der Waals surface area contributed by atoms with Crippen molar-refractivity contribution in [2.75, 3.05) is 13.7 Å². The van der Waals surface area contributed by atoms with Crippen LogP contribution in [0, 0.1) is 5.92 Å². The molecule has 29 heavy (non-hydrogen) atoms. The molecule has 1 unspecified atom stereocenters. The number of benzene rings is 1. The van der Waals surface area contributed by atoms with Crippen molar-refractivity contribution in [3.8, 4) is 0 Å². The lowest BCUT2D eigenvalue weighted by Gasteiger charge is -2.21. The molecule has 0 radical (unpaired) electrons. The van der Waals surface area contributed by atoms with Crippen molar-refractivity contribution in [1.29, 1.82) is 0 Å². The third kappa shape index (κ3) is 8.14. The molecule has 1 atom stereocenters. The molecule has 0 spiro atoms. The summed E-state index contributed by atoms with van der Waals surface area (Å²) in [6, 6.07) is 5.42. The van der Waals surface area contributed by atoms with E-state index in [0.29, 0.717) is 5.92 Å². The minimum absolute atomic E-state index is 0.00000591. The van der Waals surface area contributed by atoms with Crippen LogP contribution in [-0.2, 0) is 19.6 Å². The van der Waals surface area contributed by atoms with E-state index in [0.717, 1.165) is 19.3 Å². The number of esters is 1. The molecule has 0 saturated carbocycles. The Morgan fingerprint density at radius 2 is 1.76 bits per heavy atom. The zero-order chi connectivity index (χ0) is 22.2. The first-order valence-corrected chi connectivity index (χ1v) is 11.4. The van der Waals surface area contributed by atoms with Gasteiger partial charge >= 0.3 is 5.97 Å². The summed E-state index contributed by atoms with van der Waals surface area (Å²) in [7, 11) is -2.23. The average molecular weight is 427 g/mol. The topological polar surface area (TPSA) is 92.8 Å². The summed E-state index contributed by atoms with van der Waals surface area (Å²) in [6.45, 7) is 9.35. The van der Waals surface area contributed by atoms with Gasteiger partial charge in [0, 0.05) is 19.1 Å². The number of nitrogens with zero attached hydrogens (tertiary/aromatic N) is 1. The molecule has 8 heteroatoms. The summed E-state index contributed by atoms with van der Waals surface area (Å²) in [5, 5.41) is 2.80. The first-order valence-electron chi connectivity index (χ1n) is 9.99. The molecule has 0 heterocycles. The summed E-state index contributed by atoms with van der Waals surface area (Å²) in [5.41, 5.74) is 0.0843. The van der Waals surface area contributed by atoms with Gasteiger partial charge in [0.25, 0.3) is 5.91 Å². The molecule has 1 N–H and O–H groups in total. The van der Waals surface area contributed by atoms with Gasteiger partial charge in [-0.2, -0.15) is 4.31 Å². The van der Waals surface area contributed by atoms with Crippen LogP contribution in [0.1, 0.15) is 64.2 Å². The molecule has 0 bridgehead atoms. The van der Waals surface area contributed by atoms with E-state index in [9.17, 15) is 18.0 Å². The maximum atomic E-state index is 12.6. The molecule has 164 valence electrons. The number of rotatable bonds is 11. The highest BCUT2D eigenvalue weighted by Gasteiger charge is 2.24. The van der Waals surface area contributed by atoms with E-state index in [1.807, 2.05) is 6.92 Å². The first kappa shape index (κ1) is 25.1. The SMILES string of the molecule is CC(C)CCCC(C)NC(=O)COC(=O)c1cccc(S(=O)(=O)N(C)C(C)C)c1. The Morgan fingerprint density at radius 3 is 2.34 bits per heavy atom. The Balaban J connectivity index is 2.64. The van der Waals surface area contributed by atoms with Crippen LogP contribution in [0.25, 0.3) is 0 Å². The van der Waals surface area contributed by atoms with Crippen LogP contribution in [0.4, 0.5) is 0 Å². The van der Waals surface area contributed by atoms with Crippen LogP contribution >= 0.6 is 0 Å². The molecule has 0 aromatic heterocycles. The Morgan fingerprint density at radius 1 is 1.10 bits per heavy atom. The lowest BCUT2D eigenvalue weighted by atomic mass is 10.0. The molecular formula is C21H34N2O5S. The van der Waals surface area contributed by atoms with E-state index in [4.69, 9.17) is 4.74 Å². The summed E-state index contributed by atoms with van der Waals surface area (Å²) < 4.78 is 31.4. The van der Waals surface area contributed by atoms with E-state index in [1.165, 1.54) is 35.6 Å². The Hall–Kier alpha value is -1.93. The monoisotopic (exact) mass is 426 g/mol. The fourth-order valence-corrected chi connectivity index (χ4v) is 4.08. The second-order valence-electron chi connectivity index (χ2n) is 8.01. The molecule has 0 saturated heterocycles. The number of nitrogens with one attached hydrogen (secondary N) is 1. The molecule has 1 rings (SSSR count). The number of hydrogen-bond donors (Lipinski definition) is 1. The first-order chi connectivity index (χ1) is 13.4. The maximum absolute atomic E-state index is 12.6. The molecule has 1 aromatic rings. The molecule has 1 aromatic carbocycles. The van der Waals surface area contributed by atoms with Gasteiger partial charge in [0.1, 0.15) is 0 Å². The van der Waals surface area contributed by atoms with Gasteiger partial charge in [-0.15, -0.1) is 0 Å². The normalized spacial score (nSPS) is 13.0. The fourth-order valence-electron chi connectivity index (χ4n) is 2.66. The van der Waals surface area contributed by atoms with E-state index in [1.54, 1.807) is 13.8 Å². The quantitative estimate of drug-likeness (QED) is 0.549. The van der Waals surface area contributed by atoms with Gasteiger partial charge in [0.15, 0.2) is 6.61 Å². The van der Waals surface area contributed by atoms with E-state index >= 15 is 0 Å². The van der Waals surface area contributed by atoms with Gasteiger partial charge < -0.3 is 10.1 Å². The maximum Gasteiger partial charge on any atom is 0.338 e. The van der Waals surface area contributed by atoms with Crippen molar-refractivity contribution in [1.82, 2.24) is 9.62 Å². The fraction of sp³-hybridized carbons (Fsp3) is 0.619. The standard InChI is InChI=1S/C21H34N2O5S/c1-15(2)9-7-10-17(5)22-20(24)14-28-21(25)18-11-8-12-19(13-18)29(26,27)23(6)16(3)4/h8,11-13,15-17H,7,9-10,14H2,1-6H3,(H,22,24). The number of hydrogen-bond acceptors (Lipinski definition) is 5.